The smallest absolute Gasteiger partial charge is 0.289 e. The van der Waals surface area contributed by atoms with E-state index in [2.05, 4.69) is 35.9 Å². The second kappa shape index (κ2) is 10.6. The van der Waals surface area contributed by atoms with Gasteiger partial charge in [-0.25, -0.2) is 0 Å². The topological polar surface area (TPSA) is 110 Å². The van der Waals surface area contributed by atoms with Gasteiger partial charge in [0.25, 0.3) is 5.91 Å². The van der Waals surface area contributed by atoms with Crippen LogP contribution in [0.4, 0.5) is 0 Å². The Balaban J connectivity index is 2.25. The van der Waals surface area contributed by atoms with Crippen molar-refractivity contribution in [3.63, 3.8) is 0 Å². The molecule has 2 aliphatic rings. The number of Topliss-reactive ketones (excluding diaryl/α,β-unsaturated/α-hetero) is 1. The van der Waals surface area contributed by atoms with Crippen LogP contribution >= 0.6 is 11.8 Å². The maximum atomic E-state index is 13.5. The molecule has 0 spiro atoms. The fraction of sp³-hybridized carbons (Fsp3) is 0.750. The number of likely N-dealkylation sites (tertiary alicyclic amines) is 1. The molecule has 8 nitrogen and oxygen atoms in total. The first kappa shape index (κ1) is 27.3. The van der Waals surface area contributed by atoms with Gasteiger partial charge in [0.1, 0.15) is 6.04 Å². The summed E-state index contributed by atoms with van der Waals surface area (Å²) in [6.45, 7) is 15.9. The summed E-state index contributed by atoms with van der Waals surface area (Å²) < 4.78 is 0. The van der Waals surface area contributed by atoms with Crippen molar-refractivity contribution in [3.8, 4) is 0 Å². The normalized spacial score (nSPS) is 24.9. The third-order valence-corrected chi connectivity index (χ3v) is 7.22. The molecule has 186 valence electrons. The molecule has 1 heterocycles. The van der Waals surface area contributed by atoms with E-state index >= 15 is 0 Å². The third kappa shape index (κ3) is 5.77. The summed E-state index contributed by atoms with van der Waals surface area (Å²) in [6.07, 6.45) is 3.32. The molecule has 0 aromatic heterocycles. The summed E-state index contributed by atoms with van der Waals surface area (Å²) in [5.41, 5.74) is -0.594. The molecule has 1 saturated carbocycles. The summed E-state index contributed by atoms with van der Waals surface area (Å²) in [5, 5.41) is 5.27. The highest BCUT2D eigenvalue weighted by Gasteiger charge is 2.69. The monoisotopic (exact) mass is 481 g/mol. The Kier molecular flexibility index (Phi) is 8.74. The molecule has 0 aromatic carbocycles. The molecule has 9 heteroatoms. The van der Waals surface area contributed by atoms with E-state index in [4.69, 9.17) is 11.8 Å². The van der Waals surface area contributed by atoms with Crippen molar-refractivity contribution in [2.24, 2.45) is 22.7 Å². The van der Waals surface area contributed by atoms with Crippen LogP contribution in [0.3, 0.4) is 0 Å². The zero-order valence-electron chi connectivity index (χ0n) is 20.6. The van der Waals surface area contributed by atoms with Gasteiger partial charge in [0.15, 0.2) is 0 Å². The number of hydrogen-bond donors (Lipinski definition) is 2. The molecular formula is C24H38ClN4O4-. The number of hydrogen-bond acceptors (Lipinski definition) is 4. The van der Waals surface area contributed by atoms with E-state index in [9.17, 15) is 19.2 Å². The molecule has 2 N–H and O–H groups in total. The van der Waals surface area contributed by atoms with Crippen molar-refractivity contribution in [2.45, 2.75) is 78.9 Å². The molecule has 1 aliphatic heterocycles. The minimum atomic E-state index is -0.948. The van der Waals surface area contributed by atoms with Gasteiger partial charge in [-0.05, 0) is 35.1 Å². The fourth-order valence-electron chi connectivity index (χ4n) is 4.87. The zero-order chi connectivity index (χ0) is 25.1. The van der Waals surface area contributed by atoms with Crippen LogP contribution in [-0.2, 0) is 19.2 Å². The van der Waals surface area contributed by atoms with Crippen LogP contribution in [0.1, 0.15) is 60.8 Å². The van der Waals surface area contributed by atoms with E-state index in [1.165, 1.54) is 6.08 Å². The average Bonchev–Trinajstić information content (AvgIpc) is 3.08. The standard InChI is InChI=1S/C24H38ClN4O4/c1-8-10-11-15(18(30)21(32)26-12-9-2)27-20(31)17-16-14(24(16,6)7)13-29(17)22(33)19(28-25)23(3,4)5/h9,14-17,19H,2,8,10-13H2,1,3-7H3,(H,26,32)(H,27,31)/q-1/t14-,15?,16-,17-,19-/m0/s1. The molecule has 1 aliphatic carbocycles. The lowest BCUT2D eigenvalue weighted by Crippen LogP contribution is -2.57. The van der Waals surface area contributed by atoms with Crippen LogP contribution in [0.5, 0.6) is 0 Å². The van der Waals surface area contributed by atoms with E-state index in [0.29, 0.717) is 19.4 Å². The summed E-state index contributed by atoms with van der Waals surface area (Å²) in [7, 11) is 0. The number of unbranched alkanes of at least 4 members (excludes halogenated alkanes) is 1. The Morgan fingerprint density at radius 3 is 2.42 bits per heavy atom. The highest BCUT2D eigenvalue weighted by atomic mass is 35.5. The Morgan fingerprint density at radius 1 is 1.27 bits per heavy atom. The number of nitrogens with zero attached hydrogens (tertiary/aromatic N) is 2. The molecule has 0 radical (unpaired) electrons. The van der Waals surface area contributed by atoms with Crippen molar-refractivity contribution >= 4 is 35.3 Å². The lowest BCUT2D eigenvalue weighted by atomic mass is 9.86. The Labute approximate surface area is 202 Å². The number of carbonyl (C=O) groups excluding carboxylic acids is 4. The maximum absolute atomic E-state index is 13.5. The molecule has 2 rings (SSSR count). The number of rotatable bonds is 11. The molecule has 0 aromatic rings. The van der Waals surface area contributed by atoms with E-state index in [1.54, 1.807) is 4.90 Å². The molecule has 5 atom stereocenters. The summed E-state index contributed by atoms with van der Waals surface area (Å²) >= 11 is 5.80. The largest absolute Gasteiger partial charge is 0.564 e. The van der Waals surface area contributed by atoms with Crippen molar-refractivity contribution in [1.82, 2.24) is 15.5 Å². The number of carbonyl (C=O) groups is 4. The molecule has 0 bridgehead atoms. The second-order valence-electron chi connectivity index (χ2n) is 10.8. The van der Waals surface area contributed by atoms with Gasteiger partial charge in [0.2, 0.25) is 17.6 Å². The van der Waals surface area contributed by atoms with Gasteiger partial charge in [-0.2, -0.15) is 0 Å². The number of piperidine rings is 1. The minimum Gasteiger partial charge on any atom is -0.564 e. The van der Waals surface area contributed by atoms with Crippen LogP contribution in [0.15, 0.2) is 12.7 Å². The third-order valence-electron chi connectivity index (χ3n) is 7.02. The van der Waals surface area contributed by atoms with Crippen LogP contribution in [0, 0.1) is 22.7 Å². The predicted octanol–water partition coefficient (Wildman–Crippen LogP) is 2.96. The molecule has 1 unspecified atom stereocenters. The minimum absolute atomic E-state index is 0.0195. The summed E-state index contributed by atoms with van der Waals surface area (Å²) in [4.78, 5) is 57.2. The van der Waals surface area contributed by atoms with Crippen molar-refractivity contribution < 1.29 is 19.2 Å². The Morgan fingerprint density at radius 2 is 1.91 bits per heavy atom. The molecule has 3 amide bonds. The number of nitrogens with one attached hydrogen (secondary N) is 2. The van der Waals surface area contributed by atoms with Gasteiger partial charge < -0.3 is 20.4 Å². The van der Waals surface area contributed by atoms with Gasteiger partial charge in [0, 0.05) is 13.1 Å². The van der Waals surface area contributed by atoms with E-state index in [1.807, 2.05) is 27.7 Å². The van der Waals surface area contributed by atoms with Crippen LogP contribution in [0.25, 0.3) is 4.84 Å². The number of fused-ring (bicyclic) bond motifs is 1. The SMILES string of the molecule is C=CCNC(=O)C(=O)C(CCCC)NC(=O)[C@@H]1[C@@H]2[C@H](CN1C(=O)[C@H]([N-]Cl)C(C)(C)C)C2(C)C. The number of ketones is 1. The van der Waals surface area contributed by atoms with Gasteiger partial charge in [-0.15, -0.1) is 6.58 Å². The van der Waals surface area contributed by atoms with E-state index in [-0.39, 0.29) is 29.7 Å². The first-order valence-electron chi connectivity index (χ1n) is 11.7. The molecule has 2 fully saturated rings. The molecule has 1 saturated heterocycles. The summed E-state index contributed by atoms with van der Waals surface area (Å²) in [5.74, 6) is -1.98. The first-order valence-corrected chi connectivity index (χ1v) is 12.0. The highest BCUT2D eigenvalue weighted by molar-refractivity contribution is 6.38. The first-order chi connectivity index (χ1) is 15.3. The van der Waals surface area contributed by atoms with E-state index < -0.39 is 41.1 Å². The highest BCUT2D eigenvalue weighted by Crippen LogP contribution is 2.65. The van der Waals surface area contributed by atoms with Crippen molar-refractivity contribution in [3.05, 3.63) is 17.5 Å². The van der Waals surface area contributed by atoms with Gasteiger partial charge in [-0.3, -0.25) is 31.0 Å². The van der Waals surface area contributed by atoms with Gasteiger partial charge >= 0.3 is 0 Å². The van der Waals surface area contributed by atoms with Crippen LogP contribution in [0.2, 0.25) is 0 Å². The van der Waals surface area contributed by atoms with E-state index in [0.717, 1.165) is 6.42 Å². The average molecular weight is 482 g/mol. The predicted molar refractivity (Wildman–Crippen MR) is 128 cm³/mol. The lowest BCUT2D eigenvalue weighted by Gasteiger charge is -2.42. The van der Waals surface area contributed by atoms with Gasteiger partial charge in [0.05, 0.1) is 6.04 Å². The van der Waals surface area contributed by atoms with Gasteiger partial charge in [-0.1, -0.05) is 60.5 Å². The van der Waals surface area contributed by atoms with Crippen LogP contribution in [-0.4, -0.2) is 59.6 Å². The molecular weight excluding hydrogens is 444 g/mol. The number of halogens is 1. The molecule has 33 heavy (non-hydrogen) atoms. The zero-order valence-corrected chi connectivity index (χ0v) is 21.4. The van der Waals surface area contributed by atoms with Crippen molar-refractivity contribution in [1.29, 1.82) is 0 Å². The lowest BCUT2D eigenvalue weighted by molar-refractivity contribution is -0.144. The summed E-state index contributed by atoms with van der Waals surface area (Å²) in [6, 6.07) is -2.47. The Hall–Kier alpha value is -1.93. The Bertz CT molecular complexity index is 792. The van der Waals surface area contributed by atoms with Crippen molar-refractivity contribution in [2.75, 3.05) is 13.1 Å². The maximum Gasteiger partial charge on any atom is 0.289 e. The fourth-order valence-corrected chi connectivity index (χ4v) is 5.25. The van der Waals surface area contributed by atoms with Crippen LogP contribution < -0.4 is 10.6 Å². The second-order valence-corrected chi connectivity index (χ2v) is 11.0. The quantitative estimate of drug-likeness (QED) is 0.349. The number of amides is 3.